The van der Waals surface area contributed by atoms with E-state index in [4.69, 9.17) is 4.74 Å². The number of aryl methyl sites for hydroxylation is 3. The smallest absolute Gasteiger partial charge is 0.191 e. The lowest BCUT2D eigenvalue weighted by Crippen LogP contribution is -2.39. The van der Waals surface area contributed by atoms with Crippen LogP contribution < -0.4 is 15.4 Å². The van der Waals surface area contributed by atoms with Gasteiger partial charge in [0.1, 0.15) is 12.4 Å². The Morgan fingerprint density at radius 2 is 1.96 bits per heavy atom. The maximum absolute atomic E-state index is 5.80. The van der Waals surface area contributed by atoms with Crippen LogP contribution in [-0.2, 0) is 6.42 Å². The van der Waals surface area contributed by atoms with Crippen molar-refractivity contribution in [3.05, 3.63) is 45.4 Å². The van der Waals surface area contributed by atoms with Gasteiger partial charge >= 0.3 is 0 Å². The number of hydrogen-bond donors (Lipinski definition) is 2. The minimum atomic E-state index is 0. The fourth-order valence-electron chi connectivity index (χ4n) is 2.30. The van der Waals surface area contributed by atoms with Crippen LogP contribution in [-0.4, -0.2) is 37.2 Å². The lowest BCUT2D eigenvalue weighted by atomic mass is 10.2. The summed E-state index contributed by atoms with van der Waals surface area (Å²) >= 11 is 1.76. The highest BCUT2D eigenvalue weighted by atomic mass is 127. The van der Waals surface area contributed by atoms with Gasteiger partial charge in [-0.1, -0.05) is 18.2 Å². The Kier molecular flexibility index (Phi) is 10.6. The van der Waals surface area contributed by atoms with Gasteiger partial charge in [-0.05, 0) is 39.3 Å². The van der Waals surface area contributed by atoms with Crippen LogP contribution in [0.1, 0.15) is 28.1 Å². The minimum Gasteiger partial charge on any atom is -0.491 e. The number of benzene rings is 1. The number of para-hydroxylation sites is 1. The largest absolute Gasteiger partial charge is 0.491 e. The summed E-state index contributed by atoms with van der Waals surface area (Å²) in [5.74, 6) is 1.75. The van der Waals surface area contributed by atoms with Gasteiger partial charge in [-0.25, -0.2) is 4.98 Å². The van der Waals surface area contributed by atoms with Crippen LogP contribution in [0, 0.1) is 20.8 Å². The van der Waals surface area contributed by atoms with Gasteiger partial charge in [0.05, 0.1) is 17.2 Å². The van der Waals surface area contributed by atoms with Crippen LogP contribution in [0.15, 0.2) is 29.3 Å². The van der Waals surface area contributed by atoms with Gasteiger partial charge in [0, 0.05) is 24.4 Å². The second kappa shape index (κ2) is 12.1. The molecule has 0 spiro atoms. The van der Waals surface area contributed by atoms with Crippen LogP contribution in [0.5, 0.6) is 5.75 Å². The Morgan fingerprint density at radius 3 is 2.62 bits per heavy atom. The molecule has 0 radical (unpaired) electrons. The molecule has 144 valence electrons. The molecule has 0 saturated carbocycles. The fourth-order valence-corrected chi connectivity index (χ4v) is 3.22. The molecule has 0 aliphatic heterocycles. The van der Waals surface area contributed by atoms with Crippen molar-refractivity contribution in [2.75, 3.05) is 26.2 Å². The van der Waals surface area contributed by atoms with Gasteiger partial charge in [-0.2, -0.15) is 0 Å². The Bertz CT molecular complexity index is 683. The molecule has 1 aromatic carbocycles. The van der Waals surface area contributed by atoms with E-state index in [1.54, 1.807) is 11.3 Å². The first-order valence-corrected chi connectivity index (χ1v) is 9.55. The quantitative estimate of drug-likeness (QED) is 0.257. The van der Waals surface area contributed by atoms with E-state index in [0.717, 1.165) is 47.5 Å². The standard InChI is InChI=1S/C19H28N4OS.HI/c1-5-20-19(21-11-10-18-23-15(3)16(4)25-18)22-12-13-24-17-9-7-6-8-14(17)2;/h6-9H,5,10-13H2,1-4H3,(H2,20,21,22);1H. The number of aromatic nitrogens is 1. The first-order valence-electron chi connectivity index (χ1n) is 8.73. The average molecular weight is 488 g/mol. The number of hydrogen-bond acceptors (Lipinski definition) is 4. The summed E-state index contributed by atoms with van der Waals surface area (Å²) in [6, 6.07) is 8.05. The summed E-state index contributed by atoms with van der Waals surface area (Å²) in [4.78, 5) is 10.5. The number of rotatable bonds is 8. The van der Waals surface area contributed by atoms with Crippen molar-refractivity contribution in [3.8, 4) is 5.75 Å². The summed E-state index contributed by atoms with van der Waals surface area (Å²) in [6.45, 7) is 11.1. The van der Waals surface area contributed by atoms with Crippen molar-refractivity contribution in [2.24, 2.45) is 4.99 Å². The van der Waals surface area contributed by atoms with Crippen LogP contribution in [0.2, 0.25) is 0 Å². The maximum Gasteiger partial charge on any atom is 0.191 e. The highest BCUT2D eigenvalue weighted by Gasteiger charge is 2.04. The van der Waals surface area contributed by atoms with Crippen molar-refractivity contribution in [1.82, 2.24) is 15.6 Å². The summed E-state index contributed by atoms with van der Waals surface area (Å²) in [5.41, 5.74) is 2.28. The van der Waals surface area contributed by atoms with Gasteiger partial charge in [-0.3, -0.25) is 4.99 Å². The molecule has 0 amide bonds. The topological polar surface area (TPSA) is 58.5 Å². The Morgan fingerprint density at radius 1 is 1.19 bits per heavy atom. The highest BCUT2D eigenvalue weighted by molar-refractivity contribution is 14.0. The molecule has 7 heteroatoms. The van der Waals surface area contributed by atoms with E-state index >= 15 is 0 Å². The number of halogens is 1. The third kappa shape index (κ3) is 7.49. The van der Waals surface area contributed by atoms with Crippen molar-refractivity contribution in [2.45, 2.75) is 34.1 Å². The van der Waals surface area contributed by atoms with Gasteiger partial charge in [0.25, 0.3) is 0 Å². The first-order chi connectivity index (χ1) is 12.1. The van der Waals surface area contributed by atoms with Gasteiger partial charge in [-0.15, -0.1) is 35.3 Å². The molecular formula is C19H29IN4OS. The van der Waals surface area contributed by atoms with Gasteiger partial charge < -0.3 is 15.4 Å². The van der Waals surface area contributed by atoms with Crippen LogP contribution in [0.25, 0.3) is 0 Å². The molecule has 0 aliphatic carbocycles. The second-order valence-corrected chi connectivity index (χ2v) is 7.09. The summed E-state index contributed by atoms with van der Waals surface area (Å²) < 4.78 is 5.80. The zero-order valence-electron chi connectivity index (χ0n) is 16.0. The third-order valence-electron chi connectivity index (χ3n) is 3.76. The molecular weight excluding hydrogens is 459 g/mol. The van der Waals surface area contributed by atoms with E-state index in [1.165, 1.54) is 4.88 Å². The summed E-state index contributed by atoms with van der Waals surface area (Å²) in [6.07, 6.45) is 0.871. The predicted molar refractivity (Wildman–Crippen MR) is 121 cm³/mol. The molecule has 2 N–H and O–H groups in total. The molecule has 26 heavy (non-hydrogen) atoms. The molecule has 5 nitrogen and oxygen atoms in total. The lowest BCUT2D eigenvalue weighted by molar-refractivity contribution is 0.320. The Hall–Kier alpha value is -1.35. The molecule has 0 atom stereocenters. The number of ether oxygens (including phenoxy) is 1. The maximum atomic E-state index is 5.80. The molecule has 0 aliphatic rings. The van der Waals surface area contributed by atoms with E-state index in [2.05, 4.69) is 54.4 Å². The average Bonchev–Trinajstić information content (AvgIpc) is 2.91. The Labute approximate surface area is 177 Å². The molecule has 2 aromatic rings. The number of nitrogens with one attached hydrogen (secondary N) is 2. The van der Waals surface area contributed by atoms with Crippen LogP contribution >= 0.6 is 35.3 Å². The van der Waals surface area contributed by atoms with E-state index < -0.39 is 0 Å². The molecule has 0 bridgehead atoms. The van der Waals surface area contributed by atoms with Crippen LogP contribution in [0.4, 0.5) is 0 Å². The molecule has 0 unspecified atom stereocenters. The highest BCUT2D eigenvalue weighted by Crippen LogP contribution is 2.17. The van der Waals surface area contributed by atoms with Crippen molar-refractivity contribution in [1.29, 1.82) is 0 Å². The molecule has 0 saturated heterocycles. The van der Waals surface area contributed by atoms with E-state index in [1.807, 2.05) is 18.2 Å². The monoisotopic (exact) mass is 488 g/mol. The third-order valence-corrected chi connectivity index (χ3v) is 4.89. The number of aliphatic imine (C=N–C) groups is 1. The lowest BCUT2D eigenvalue weighted by Gasteiger charge is -2.12. The van der Waals surface area contributed by atoms with E-state index in [0.29, 0.717) is 13.2 Å². The number of thiazole rings is 1. The van der Waals surface area contributed by atoms with Crippen molar-refractivity contribution in [3.63, 3.8) is 0 Å². The van der Waals surface area contributed by atoms with E-state index in [-0.39, 0.29) is 24.0 Å². The molecule has 2 rings (SSSR count). The minimum absolute atomic E-state index is 0. The van der Waals surface area contributed by atoms with Gasteiger partial charge in [0.2, 0.25) is 0 Å². The summed E-state index contributed by atoms with van der Waals surface area (Å²) in [5, 5.41) is 7.72. The number of nitrogens with zero attached hydrogens (tertiary/aromatic N) is 2. The zero-order chi connectivity index (χ0) is 18.1. The van der Waals surface area contributed by atoms with Crippen molar-refractivity contribution >= 4 is 41.3 Å². The molecule has 0 fully saturated rings. The Balaban J connectivity index is 0.00000338. The first kappa shape index (κ1) is 22.7. The zero-order valence-corrected chi connectivity index (χ0v) is 19.1. The van der Waals surface area contributed by atoms with Gasteiger partial charge in [0.15, 0.2) is 5.96 Å². The normalized spacial score (nSPS) is 11.0. The van der Waals surface area contributed by atoms with Crippen LogP contribution in [0.3, 0.4) is 0 Å². The molecule has 1 heterocycles. The SMILES string of the molecule is CCNC(=NCCc1nc(C)c(C)s1)NCCOc1ccccc1C.I. The predicted octanol–water partition coefficient (Wildman–Crippen LogP) is 3.86. The summed E-state index contributed by atoms with van der Waals surface area (Å²) in [7, 11) is 0. The van der Waals surface area contributed by atoms with E-state index in [9.17, 15) is 0 Å². The fraction of sp³-hybridized carbons (Fsp3) is 0.474. The van der Waals surface area contributed by atoms with Crippen molar-refractivity contribution < 1.29 is 4.74 Å². The number of guanidine groups is 1. The molecule has 1 aromatic heterocycles. The second-order valence-electron chi connectivity index (χ2n) is 5.80.